The number of alkyl halides is 3. The zero-order chi connectivity index (χ0) is 13.5. The molecule has 0 fully saturated rings. The minimum Gasteiger partial charge on any atom is -0.220 e. The third-order valence-electron chi connectivity index (χ3n) is 2.47. The summed E-state index contributed by atoms with van der Waals surface area (Å²) in [4.78, 5) is 0. The van der Waals surface area contributed by atoms with Crippen LogP contribution in [0, 0.1) is 13.8 Å². The number of halogens is 4. The molecule has 0 N–H and O–H groups in total. The van der Waals surface area contributed by atoms with Crippen molar-refractivity contribution in [3.05, 3.63) is 39.6 Å². The molecule has 0 saturated heterocycles. The van der Waals surface area contributed by atoms with Crippen LogP contribution in [0.4, 0.5) is 13.2 Å². The van der Waals surface area contributed by atoms with Gasteiger partial charge in [0.2, 0.25) is 0 Å². The van der Waals surface area contributed by atoms with Crippen molar-refractivity contribution in [2.24, 2.45) is 0 Å². The molecule has 7 heteroatoms. The van der Waals surface area contributed by atoms with Crippen LogP contribution < -0.4 is 0 Å². The number of benzene rings is 1. The fourth-order valence-corrected chi connectivity index (χ4v) is 2.45. The minimum atomic E-state index is -4.48. The molecule has 2 aromatic rings. The first-order valence-corrected chi connectivity index (χ1v) is 5.85. The van der Waals surface area contributed by atoms with E-state index in [1.807, 2.05) is 26.0 Å². The zero-order valence-corrected chi connectivity index (χ0v) is 11.2. The Morgan fingerprint density at radius 2 is 1.72 bits per heavy atom. The lowest BCUT2D eigenvalue weighted by Gasteiger charge is -2.09. The van der Waals surface area contributed by atoms with Crippen LogP contribution in [0.25, 0.3) is 5.69 Å². The molecule has 0 aliphatic heterocycles. The average Bonchev–Trinajstić information content (AvgIpc) is 2.64. The van der Waals surface area contributed by atoms with E-state index >= 15 is 0 Å². The molecule has 96 valence electrons. The first-order chi connectivity index (χ1) is 8.29. The standard InChI is InChI=1S/C11H9BrF3N3/c1-6-3-8(12)4-7(2)10(6)18-5-9(16-17-18)11(13,14)15/h3-5H,1-2H3. The first kappa shape index (κ1) is 13.1. The number of aryl methyl sites for hydroxylation is 2. The van der Waals surface area contributed by atoms with Gasteiger partial charge in [-0.05, 0) is 37.1 Å². The Bertz CT molecular complexity index is 566. The van der Waals surface area contributed by atoms with Crippen LogP contribution in [-0.4, -0.2) is 15.0 Å². The van der Waals surface area contributed by atoms with E-state index in [0.29, 0.717) is 5.69 Å². The zero-order valence-electron chi connectivity index (χ0n) is 9.59. The molecular weight excluding hydrogens is 311 g/mol. The lowest BCUT2D eigenvalue weighted by molar-refractivity contribution is -0.141. The second kappa shape index (κ2) is 4.38. The van der Waals surface area contributed by atoms with E-state index in [0.717, 1.165) is 26.5 Å². The Kier molecular flexibility index (Phi) is 3.18. The molecule has 0 aliphatic carbocycles. The van der Waals surface area contributed by atoms with Crippen molar-refractivity contribution in [3.63, 3.8) is 0 Å². The largest absolute Gasteiger partial charge is 0.436 e. The van der Waals surface area contributed by atoms with Gasteiger partial charge in [0.15, 0.2) is 5.69 Å². The van der Waals surface area contributed by atoms with E-state index in [1.165, 1.54) is 0 Å². The molecule has 18 heavy (non-hydrogen) atoms. The van der Waals surface area contributed by atoms with E-state index < -0.39 is 11.9 Å². The fraction of sp³-hybridized carbons (Fsp3) is 0.273. The SMILES string of the molecule is Cc1cc(Br)cc(C)c1-n1cc(C(F)(F)F)nn1. The second-order valence-corrected chi connectivity index (χ2v) is 4.85. The molecule has 0 bridgehead atoms. The summed E-state index contributed by atoms with van der Waals surface area (Å²) in [6, 6.07) is 3.63. The summed E-state index contributed by atoms with van der Waals surface area (Å²) in [6.45, 7) is 3.62. The van der Waals surface area contributed by atoms with Crippen LogP contribution in [0.15, 0.2) is 22.8 Å². The normalized spacial score (nSPS) is 11.9. The summed E-state index contributed by atoms with van der Waals surface area (Å²) in [7, 11) is 0. The summed E-state index contributed by atoms with van der Waals surface area (Å²) in [6.07, 6.45) is -3.58. The Balaban J connectivity index is 2.53. The summed E-state index contributed by atoms with van der Waals surface area (Å²) >= 11 is 3.33. The maximum atomic E-state index is 12.5. The molecule has 1 aromatic carbocycles. The maximum absolute atomic E-state index is 12.5. The van der Waals surface area contributed by atoms with Gasteiger partial charge < -0.3 is 0 Å². The second-order valence-electron chi connectivity index (χ2n) is 3.93. The van der Waals surface area contributed by atoms with Crippen LogP contribution in [-0.2, 0) is 6.18 Å². The van der Waals surface area contributed by atoms with Gasteiger partial charge in [0.1, 0.15) is 0 Å². The van der Waals surface area contributed by atoms with Gasteiger partial charge in [0.25, 0.3) is 0 Å². The Hall–Kier alpha value is -1.37. The number of nitrogens with zero attached hydrogens (tertiary/aromatic N) is 3. The fourth-order valence-electron chi connectivity index (χ4n) is 1.77. The van der Waals surface area contributed by atoms with Crippen molar-refractivity contribution < 1.29 is 13.2 Å². The van der Waals surface area contributed by atoms with Crippen LogP contribution in [0.5, 0.6) is 0 Å². The van der Waals surface area contributed by atoms with Crippen molar-refractivity contribution in [2.45, 2.75) is 20.0 Å². The highest BCUT2D eigenvalue weighted by molar-refractivity contribution is 9.10. The molecule has 1 heterocycles. The molecule has 0 amide bonds. The van der Waals surface area contributed by atoms with Gasteiger partial charge in [-0.15, -0.1) is 5.10 Å². The van der Waals surface area contributed by atoms with Crippen LogP contribution in [0.1, 0.15) is 16.8 Å². The number of aromatic nitrogens is 3. The molecule has 0 radical (unpaired) electrons. The number of rotatable bonds is 1. The molecule has 2 rings (SSSR count). The van der Waals surface area contributed by atoms with Crippen molar-refractivity contribution in [1.29, 1.82) is 0 Å². The average molecular weight is 320 g/mol. The van der Waals surface area contributed by atoms with Crippen molar-refractivity contribution in [3.8, 4) is 5.69 Å². The van der Waals surface area contributed by atoms with Gasteiger partial charge in [-0.25, -0.2) is 4.68 Å². The van der Waals surface area contributed by atoms with Gasteiger partial charge in [-0.3, -0.25) is 0 Å². The topological polar surface area (TPSA) is 30.7 Å². The van der Waals surface area contributed by atoms with E-state index in [-0.39, 0.29) is 0 Å². The van der Waals surface area contributed by atoms with Crippen molar-refractivity contribution in [2.75, 3.05) is 0 Å². The smallest absolute Gasteiger partial charge is 0.220 e. The van der Waals surface area contributed by atoms with Crippen LogP contribution in [0.3, 0.4) is 0 Å². The molecular formula is C11H9BrF3N3. The van der Waals surface area contributed by atoms with Gasteiger partial charge in [0, 0.05) is 4.47 Å². The van der Waals surface area contributed by atoms with Crippen molar-refractivity contribution >= 4 is 15.9 Å². The minimum absolute atomic E-state index is 0.612. The Morgan fingerprint density at radius 3 is 2.17 bits per heavy atom. The summed E-state index contributed by atoms with van der Waals surface area (Å²) in [5, 5.41) is 6.68. The van der Waals surface area contributed by atoms with Gasteiger partial charge >= 0.3 is 6.18 Å². The highest BCUT2D eigenvalue weighted by Crippen LogP contribution is 2.29. The predicted octanol–water partition coefficient (Wildman–Crippen LogP) is 3.67. The van der Waals surface area contributed by atoms with Crippen LogP contribution in [0.2, 0.25) is 0 Å². The molecule has 0 spiro atoms. The van der Waals surface area contributed by atoms with Crippen molar-refractivity contribution in [1.82, 2.24) is 15.0 Å². The highest BCUT2D eigenvalue weighted by Gasteiger charge is 2.34. The molecule has 0 unspecified atom stereocenters. The van der Waals surface area contributed by atoms with Gasteiger partial charge in [0.05, 0.1) is 11.9 Å². The van der Waals surface area contributed by atoms with E-state index in [4.69, 9.17) is 0 Å². The maximum Gasteiger partial charge on any atom is 0.436 e. The summed E-state index contributed by atoms with van der Waals surface area (Å²) in [5.74, 6) is 0. The Morgan fingerprint density at radius 1 is 1.17 bits per heavy atom. The molecule has 0 aliphatic rings. The lowest BCUT2D eigenvalue weighted by atomic mass is 10.1. The summed E-state index contributed by atoms with van der Waals surface area (Å²) < 4.78 is 39.4. The highest BCUT2D eigenvalue weighted by atomic mass is 79.9. The Labute approximate surface area is 110 Å². The molecule has 1 aromatic heterocycles. The molecule has 0 atom stereocenters. The van der Waals surface area contributed by atoms with E-state index in [2.05, 4.69) is 26.2 Å². The monoisotopic (exact) mass is 319 g/mol. The van der Waals surface area contributed by atoms with E-state index in [1.54, 1.807) is 0 Å². The molecule has 0 saturated carbocycles. The first-order valence-electron chi connectivity index (χ1n) is 5.05. The summed E-state index contributed by atoms with van der Waals surface area (Å²) in [5.41, 5.74) is 1.26. The number of hydrogen-bond donors (Lipinski definition) is 0. The number of hydrogen-bond acceptors (Lipinski definition) is 2. The third kappa shape index (κ3) is 2.40. The quantitative estimate of drug-likeness (QED) is 0.803. The predicted molar refractivity (Wildman–Crippen MR) is 63.5 cm³/mol. The van der Waals surface area contributed by atoms with E-state index in [9.17, 15) is 13.2 Å². The lowest BCUT2D eigenvalue weighted by Crippen LogP contribution is -2.05. The third-order valence-corrected chi connectivity index (χ3v) is 2.93. The van der Waals surface area contributed by atoms with Gasteiger partial charge in [-0.1, -0.05) is 21.1 Å². The van der Waals surface area contributed by atoms with Gasteiger partial charge in [-0.2, -0.15) is 13.2 Å². The molecule has 3 nitrogen and oxygen atoms in total. The van der Waals surface area contributed by atoms with Crippen LogP contribution >= 0.6 is 15.9 Å².